The van der Waals surface area contributed by atoms with Crippen LogP contribution in [0.25, 0.3) is 0 Å². The predicted octanol–water partition coefficient (Wildman–Crippen LogP) is 0.899. The zero-order valence-electron chi connectivity index (χ0n) is 11.0. The average Bonchev–Trinajstić information content (AvgIpc) is 2.83. The summed E-state index contributed by atoms with van der Waals surface area (Å²) in [5.41, 5.74) is 0.211. The van der Waals surface area contributed by atoms with E-state index in [-0.39, 0.29) is 17.9 Å². The second-order valence-corrected chi connectivity index (χ2v) is 5.72. The lowest BCUT2D eigenvalue weighted by atomic mass is 9.91. The molecule has 3 heterocycles. The van der Waals surface area contributed by atoms with Crippen LogP contribution in [0.5, 0.6) is 0 Å². The molecule has 5 heteroatoms. The van der Waals surface area contributed by atoms with Gasteiger partial charge in [-0.1, -0.05) is 0 Å². The number of ether oxygens (including phenoxy) is 2. The number of piperidine rings is 1. The van der Waals surface area contributed by atoms with Crippen molar-refractivity contribution < 1.29 is 9.47 Å². The lowest BCUT2D eigenvalue weighted by Gasteiger charge is -2.45. The molecule has 1 N–H and O–H groups in total. The van der Waals surface area contributed by atoms with Gasteiger partial charge in [0.2, 0.25) is 0 Å². The summed E-state index contributed by atoms with van der Waals surface area (Å²) in [5, 5.41) is 3.45. The largest absolute Gasteiger partial charge is 0.379 e. The van der Waals surface area contributed by atoms with Crippen LogP contribution in [0.2, 0.25) is 0 Å². The Morgan fingerprint density at radius 2 is 1.83 bits per heavy atom. The quantitative estimate of drug-likeness (QED) is 0.813. The Morgan fingerprint density at radius 3 is 2.56 bits per heavy atom. The van der Waals surface area contributed by atoms with Gasteiger partial charge in [0, 0.05) is 19.7 Å². The molecule has 1 unspecified atom stereocenters. The minimum atomic E-state index is 0. The van der Waals surface area contributed by atoms with Gasteiger partial charge in [-0.05, 0) is 38.3 Å². The van der Waals surface area contributed by atoms with Gasteiger partial charge in [0.1, 0.15) is 0 Å². The maximum absolute atomic E-state index is 5.69. The fourth-order valence-electron chi connectivity index (χ4n) is 3.39. The van der Waals surface area contributed by atoms with E-state index in [4.69, 9.17) is 9.47 Å². The molecule has 0 saturated carbocycles. The number of nitrogens with one attached hydrogen (secondary N) is 1. The maximum atomic E-state index is 5.69. The standard InChI is InChI=1S/C13H24N2O2.ClH/c1-4-14-5-2-12(1)9-15-6-8-17-11-13(15)3-7-16-10-13;/h12,14H,1-11H2;1H. The van der Waals surface area contributed by atoms with E-state index in [1.165, 1.54) is 32.5 Å². The molecule has 0 amide bonds. The molecular formula is C13H25ClN2O2. The molecule has 3 fully saturated rings. The third-order valence-electron chi connectivity index (χ3n) is 4.57. The van der Waals surface area contributed by atoms with E-state index in [0.717, 1.165) is 45.3 Å². The van der Waals surface area contributed by atoms with Gasteiger partial charge in [0.15, 0.2) is 0 Å². The Hall–Kier alpha value is 0.130. The topological polar surface area (TPSA) is 33.7 Å². The van der Waals surface area contributed by atoms with Crippen molar-refractivity contribution in [3.63, 3.8) is 0 Å². The summed E-state index contributed by atoms with van der Waals surface area (Å²) < 4.78 is 11.3. The van der Waals surface area contributed by atoms with Gasteiger partial charge in [0.05, 0.1) is 25.4 Å². The fourth-order valence-corrected chi connectivity index (χ4v) is 3.39. The number of hydrogen-bond acceptors (Lipinski definition) is 4. The highest BCUT2D eigenvalue weighted by atomic mass is 35.5. The molecule has 3 aliphatic heterocycles. The molecule has 0 aromatic carbocycles. The minimum absolute atomic E-state index is 0. The number of rotatable bonds is 2. The Kier molecular flexibility index (Phi) is 5.27. The van der Waals surface area contributed by atoms with Crippen LogP contribution in [-0.4, -0.2) is 63.0 Å². The maximum Gasteiger partial charge on any atom is 0.0701 e. The number of hydrogen-bond donors (Lipinski definition) is 1. The van der Waals surface area contributed by atoms with Crippen molar-refractivity contribution >= 4 is 12.4 Å². The average molecular weight is 277 g/mol. The molecule has 0 radical (unpaired) electrons. The molecule has 0 bridgehead atoms. The molecule has 1 atom stereocenters. The molecule has 106 valence electrons. The lowest BCUT2D eigenvalue weighted by Crippen LogP contribution is -2.59. The first-order chi connectivity index (χ1) is 8.39. The Bertz CT molecular complexity index is 253. The Morgan fingerprint density at radius 1 is 1.11 bits per heavy atom. The fraction of sp³-hybridized carbons (Fsp3) is 1.00. The normalized spacial score (nSPS) is 34.7. The molecule has 1 spiro atoms. The van der Waals surface area contributed by atoms with Crippen LogP contribution in [0.15, 0.2) is 0 Å². The molecule has 0 aliphatic carbocycles. The van der Waals surface area contributed by atoms with Crippen LogP contribution in [0, 0.1) is 5.92 Å². The summed E-state index contributed by atoms with van der Waals surface area (Å²) in [5.74, 6) is 0.867. The van der Waals surface area contributed by atoms with Gasteiger partial charge in [-0.3, -0.25) is 4.90 Å². The zero-order chi connectivity index (χ0) is 11.6. The number of nitrogens with zero attached hydrogens (tertiary/aromatic N) is 1. The van der Waals surface area contributed by atoms with E-state index in [0.29, 0.717) is 0 Å². The molecule has 18 heavy (non-hydrogen) atoms. The third kappa shape index (κ3) is 2.99. The number of morpholine rings is 1. The SMILES string of the molecule is C1CC(CN2CCOCC23CCOC3)CCN1.Cl. The second kappa shape index (κ2) is 6.53. The minimum Gasteiger partial charge on any atom is -0.379 e. The van der Waals surface area contributed by atoms with Crippen molar-refractivity contribution in [3.05, 3.63) is 0 Å². The molecular weight excluding hydrogens is 252 g/mol. The van der Waals surface area contributed by atoms with Gasteiger partial charge in [-0.25, -0.2) is 0 Å². The van der Waals surface area contributed by atoms with Crippen LogP contribution in [-0.2, 0) is 9.47 Å². The molecule has 0 aromatic heterocycles. The summed E-state index contributed by atoms with van der Waals surface area (Å²) in [6.45, 7) is 8.27. The third-order valence-corrected chi connectivity index (χ3v) is 4.57. The van der Waals surface area contributed by atoms with Crippen molar-refractivity contribution in [1.29, 1.82) is 0 Å². The monoisotopic (exact) mass is 276 g/mol. The van der Waals surface area contributed by atoms with Crippen LogP contribution >= 0.6 is 12.4 Å². The Balaban J connectivity index is 0.00000120. The van der Waals surface area contributed by atoms with Gasteiger partial charge in [-0.2, -0.15) is 0 Å². The Labute approximate surface area is 116 Å². The van der Waals surface area contributed by atoms with Crippen LogP contribution < -0.4 is 5.32 Å². The van der Waals surface area contributed by atoms with E-state index in [9.17, 15) is 0 Å². The summed E-state index contributed by atoms with van der Waals surface area (Å²) in [7, 11) is 0. The highest BCUT2D eigenvalue weighted by Crippen LogP contribution is 2.31. The van der Waals surface area contributed by atoms with Crippen molar-refractivity contribution in [2.24, 2.45) is 5.92 Å². The van der Waals surface area contributed by atoms with Gasteiger partial charge >= 0.3 is 0 Å². The van der Waals surface area contributed by atoms with Crippen molar-refractivity contribution in [3.8, 4) is 0 Å². The van der Waals surface area contributed by atoms with Crippen molar-refractivity contribution in [1.82, 2.24) is 10.2 Å². The molecule has 3 saturated heterocycles. The predicted molar refractivity (Wildman–Crippen MR) is 73.4 cm³/mol. The van der Waals surface area contributed by atoms with E-state index in [1.54, 1.807) is 0 Å². The smallest absolute Gasteiger partial charge is 0.0701 e. The molecule has 3 rings (SSSR count). The first-order valence-electron chi connectivity index (χ1n) is 7.00. The van der Waals surface area contributed by atoms with Crippen molar-refractivity contribution in [2.75, 3.05) is 52.6 Å². The van der Waals surface area contributed by atoms with E-state index < -0.39 is 0 Å². The van der Waals surface area contributed by atoms with Crippen LogP contribution in [0.1, 0.15) is 19.3 Å². The van der Waals surface area contributed by atoms with Gasteiger partial charge in [0.25, 0.3) is 0 Å². The van der Waals surface area contributed by atoms with E-state index in [2.05, 4.69) is 10.2 Å². The molecule has 0 aromatic rings. The van der Waals surface area contributed by atoms with Crippen molar-refractivity contribution in [2.45, 2.75) is 24.8 Å². The van der Waals surface area contributed by atoms with Crippen LogP contribution in [0.4, 0.5) is 0 Å². The summed E-state index contributed by atoms with van der Waals surface area (Å²) in [4.78, 5) is 2.67. The summed E-state index contributed by atoms with van der Waals surface area (Å²) in [6, 6.07) is 0. The van der Waals surface area contributed by atoms with Gasteiger partial charge in [-0.15, -0.1) is 12.4 Å². The highest BCUT2D eigenvalue weighted by Gasteiger charge is 2.43. The molecule has 3 aliphatic rings. The van der Waals surface area contributed by atoms with E-state index in [1.807, 2.05) is 0 Å². The summed E-state index contributed by atoms with van der Waals surface area (Å²) >= 11 is 0. The zero-order valence-corrected chi connectivity index (χ0v) is 11.8. The number of halogens is 1. The first kappa shape index (κ1) is 14.5. The second-order valence-electron chi connectivity index (χ2n) is 5.72. The van der Waals surface area contributed by atoms with Crippen LogP contribution in [0.3, 0.4) is 0 Å². The van der Waals surface area contributed by atoms with E-state index >= 15 is 0 Å². The summed E-state index contributed by atoms with van der Waals surface area (Å²) in [6.07, 6.45) is 3.81. The lowest BCUT2D eigenvalue weighted by molar-refractivity contribution is -0.0776. The van der Waals surface area contributed by atoms with Gasteiger partial charge < -0.3 is 14.8 Å². The highest BCUT2D eigenvalue weighted by molar-refractivity contribution is 5.85. The first-order valence-corrected chi connectivity index (χ1v) is 7.00. The molecule has 4 nitrogen and oxygen atoms in total.